The van der Waals surface area contributed by atoms with Crippen molar-refractivity contribution in [3.8, 4) is 6.07 Å². The van der Waals surface area contributed by atoms with Gasteiger partial charge in [0.2, 0.25) is 0 Å². The zero-order valence-corrected chi connectivity index (χ0v) is 18.0. The highest BCUT2D eigenvalue weighted by Crippen LogP contribution is 2.35. The number of halogens is 4. The van der Waals surface area contributed by atoms with Crippen LogP contribution in [0.15, 0.2) is 24.8 Å². The first-order valence-corrected chi connectivity index (χ1v) is 10.0. The lowest BCUT2D eigenvalue weighted by molar-refractivity contribution is -0.137. The van der Waals surface area contributed by atoms with Crippen LogP contribution in [-0.2, 0) is 6.18 Å². The van der Waals surface area contributed by atoms with Gasteiger partial charge in [0.15, 0.2) is 5.69 Å². The number of nitrogen functional groups attached to an aromatic ring is 1. The number of nitriles is 1. The Bertz CT molecular complexity index is 1270. The first kappa shape index (κ1) is 23.8. The van der Waals surface area contributed by atoms with E-state index in [-0.39, 0.29) is 27.8 Å². The second-order valence-electron chi connectivity index (χ2n) is 6.35. The number of nitrogens with two attached hydrogens (primary N) is 1. The van der Waals surface area contributed by atoms with Gasteiger partial charge in [-0.05, 0) is 13.0 Å². The molecule has 1 atom stereocenters. The maximum absolute atomic E-state index is 13.0. The van der Waals surface area contributed by atoms with E-state index in [2.05, 4.69) is 30.6 Å². The monoisotopic (exact) mass is 496 g/mol. The summed E-state index contributed by atoms with van der Waals surface area (Å²) in [7, 11) is 0. The van der Waals surface area contributed by atoms with Crippen molar-refractivity contribution in [1.82, 2.24) is 25.3 Å². The Hall–Kier alpha value is -3.83. The molecule has 0 aromatic carbocycles. The van der Waals surface area contributed by atoms with Crippen molar-refractivity contribution in [1.29, 1.82) is 5.26 Å². The molecule has 10 nitrogen and oxygen atoms in total. The number of rotatable bonds is 5. The number of thiazole rings is 1. The zero-order valence-electron chi connectivity index (χ0n) is 16.4. The minimum absolute atomic E-state index is 0.0559. The summed E-state index contributed by atoms with van der Waals surface area (Å²) in [5.74, 6) is -1.96. The average molecular weight is 497 g/mol. The van der Waals surface area contributed by atoms with Gasteiger partial charge in [-0.3, -0.25) is 9.59 Å². The van der Waals surface area contributed by atoms with Crippen LogP contribution in [0.3, 0.4) is 0 Å². The van der Waals surface area contributed by atoms with E-state index < -0.39 is 34.6 Å². The molecule has 3 heterocycles. The van der Waals surface area contributed by atoms with Gasteiger partial charge in [-0.2, -0.15) is 18.4 Å². The Balaban J connectivity index is 1.72. The molecule has 2 amide bonds. The predicted octanol–water partition coefficient (Wildman–Crippen LogP) is 3.20. The van der Waals surface area contributed by atoms with E-state index in [1.165, 1.54) is 6.20 Å². The molecule has 0 unspecified atom stereocenters. The summed E-state index contributed by atoms with van der Waals surface area (Å²) in [4.78, 5) is 40.1. The Kier molecular flexibility index (Phi) is 6.75. The van der Waals surface area contributed by atoms with Gasteiger partial charge in [-0.25, -0.2) is 19.9 Å². The number of hydrogen-bond acceptors (Lipinski definition) is 9. The SMILES string of the molecule is C[C@@H](NC(=O)c1ncnc(N)c1C#N)c1ncc(C(=O)Nc2cc(C(F)(F)F)c(Cl)cn2)s1. The van der Waals surface area contributed by atoms with Gasteiger partial charge in [-0.15, -0.1) is 11.3 Å². The topological polar surface area (TPSA) is 160 Å². The number of amides is 2. The van der Waals surface area contributed by atoms with Crippen molar-refractivity contribution in [3.05, 3.63) is 56.5 Å². The molecule has 15 heteroatoms. The van der Waals surface area contributed by atoms with Crippen LogP contribution >= 0.6 is 22.9 Å². The van der Waals surface area contributed by atoms with Crippen molar-refractivity contribution >= 4 is 46.4 Å². The van der Waals surface area contributed by atoms with Crippen LogP contribution in [-0.4, -0.2) is 31.8 Å². The van der Waals surface area contributed by atoms with Crippen LogP contribution in [0.2, 0.25) is 5.02 Å². The standard InChI is InChI=1S/C18H12ClF3N8O2S/c1-7(29-16(32)13-8(3-23)14(24)28-6-27-13)17-26-5-11(33-17)15(31)30-12-2-9(18(20,21)22)10(19)4-25-12/h2,4-7H,1H3,(H,29,32)(H2,24,27,28)(H,25,30,31)/t7-/m1/s1. The van der Waals surface area contributed by atoms with E-state index in [0.717, 1.165) is 23.9 Å². The van der Waals surface area contributed by atoms with Crippen LogP contribution in [0.5, 0.6) is 0 Å². The quantitative estimate of drug-likeness (QED) is 0.485. The highest BCUT2D eigenvalue weighted by atomic mass is 35.5. The summed E-state index contributed by atoms with van der Waals surface area (Å²) in [5, 5.41) is 13.7. The number of anilines is 2. The van der Waals surface area contributed by atoms with Crippen LogP contribution in [0.4, 0.5) is 24.8 Å². The minimum atomic E-state index is -4.72. The van der Waals surface area contributed by atoms with Crippen LogP contribution in [0.1, 0.15) is 49.3 Å². The van der Waals surface area contributed by atoms with E-state index in [0.29, 0.717) is 11.1 Å². The molecule has 0 aliphatic carbocycles. The van der Waals surface area contributed by atoms with Crippen molar-refractivity contribution in [2.24, 2.45) is 0 Å². The molecular weight excluding hydrogens is 485 g/mol. The van der Waals surface area contributed by atoms with Gasteiger partial charge in [0.05, 0.1) is 22.8 Å². The molecule has 0 bridgehead atoms. The third-order valence-electron chi connectivity index (χ3n) is 4.07. The Morgan fingerprint density at radius 2 is 1.94 bits per heavy atom. The van der Waals surface area contributed by atoms with Gasteiger partial charge in [0.1, 0.15) is 39.5 Å². The molecule has 0 spiro atoms. The Morgan fingerprint density at radius 3 is 2.61 bits per heavy atom. The predicted molar refractivity (Wildman–Crippen MR) is 111 cm³/mol. The summed E-state index contributed by atoms with van der Waals surface area (Å²) in [6.45, 7) is 1.57. The third kappa shape index (κ3) is 5.33. The first-order valence-electron chi connectivity index (χ1n) is 8.82. The number of carbonyl (C=O) groups is 2. The van der Waals surface area contributed by atoms with E-state index >= 15 is 0 Å². The fourth-order valence-corrected chi connectivity index (χ4v) is 3.53. The van der Waals surface area contributed by atoms with Crippen LogP contribution < -0.4 is 16.4 Å². The fourth-order valence-electron chi connectivity index (χ4n) is 2.50. The molecule has 170 valence electrons. The van der Waals surface area contributed by atoms with Crippen LogP contribution in [0.25, 0.3) is 0 Å². The number of hydrogen-bond donors (Lipinski definition) is 3. The highest BCUT2D eigenvalue weighted by molar-refractivity contribution is 7.13. The van der Waals surface area contributed by atoms with Crippen molar-refractivity contribution in [3.63, 3.8) is 0 Å². The van der Waals surface area contributed by atoms with E-state index in [4.69, 9.17) is 22.6 Å². The van der Waals surface area contributed by atoms with Crippen molar-refractivity contribution < 1.29 is 22.8 Å². The lowest BCUT2D eigenvalue weighted by Gasteiger charge is -2.11. The third-order valence-corrected chi connectivity index (χ3v) is 5.55. The average Bonchev–Trinajstić information content (AvgIpc) is 3.24. The minimum Gasteiger partial charge on any atom is -0.382 e. The second kappa shape index (κ2) is 9.35. The zero-order chi connectivity index (χ0) is 24.3. The Morgan fingerprint density at radius 1 is 1.21 bits per heavy atom. The normalized spacial score (nSPS) is 12.0. The fraction of sp³-hybridized carbons (Fsp3) is 0.167. The smallest absolute Gasteiger partial charge is 0.382 e. The molecule has 3 aromatic rings. The molecule has 33 heavy (non-hydrogen) atoms. The van der Waals surface area contributed by atoms with E-state index in [1.807, 2.05) is 0 Å². The number of carbonyl (C=O) groups excluding carboxylic acids is 2. The van der Waals surface area contributed by atoms with Crippen molar-refractivity contribution in [2.75, 3.05) is 11.1 Å². The lowest BCUT2D eigenvalue weighted by Crippen LogP contribution is -2.28. The van der Waals surface area contributed by atoms with Crippen molar-refractivity contribution in [2.45, 2.75) is 19.1 Å². The van der Waals surface area contributed by atoms with Gasteiger partial charge in [0.25, 0.3) is 11.8 Å². The number of aromatic nitrogens is 4. The molecular formula is C18H12ClF3N8O2S. The first-order chi connectivity index (χ1) is 15.5. The van der Waals surface area contributed by atoms with Gasteiger partial charge < -0.3 is 16.4 Å². The molecule has 0 aliphatic heterocycles. The second-order valence-corrected chi connectivity index (χ2v) is 7.82. The molecule has 0 saturated heterocycles. The molecule has 0 radical (unpaired) electrons. The maximum Gasteiger partial charge on any atom is 0.418 e. The molecule has 0 saturated carbocycles. The lowest BCUT2D eigenvalue weighted by atomic mass is 10.2. The molecule has 0 fully saturated rings. The summed E-state index contributed by atoms with van der Waals surface area (Å²) in [5.41, 5.74) is 4.02. The summed E-state index contributed by atoms with van der Waals surface area (Å²) >= 11 is 6.41. The molecule has 3 rings (SSSR count). The molecule has 4 N–H and O–H groups in total. The molecule has 3 aromatic heterocycles. The number of pyridine rings is 1. The summed E-state index contributed by atoms with van der Waals surface area (Å²) < 4.78 is 38.9. The van der Waals surface area contributed by atoms with E-state index in [9.17, 15) is 22.8 Å². The summed E-state index contributed by atoms with van der Waals surface area (Å²) in [6.07, 6.45) is -1.70. The van der Waals surface area contributed by atoms with Gasteiger partial charge in [0, 0.05) is 6.20 Å². The number of alkyl halides is 3. The highest BCUT2D eigenvalue weighted by Gasteiger charge is 2.34. The number of nitrogens with zero attached hydrogens (tertiary/aromatic N) is 5. The Labute approximate surface area is 192 Å². The molecule has 0 aliphatic rings. The van der Waals surface area contributed by atoms with Gasteiger partial charge in [-0.1, -0.05) is 11.6 Å². The largest absolute Gasteiger partial charge is 0.418 e. The summed E-state index contributed by atoms with van der Waals surface area (Å²) in [6, 6.07) is 1.67. The van der Waals surface area contributed by atoms with E-state index in [1.54, 1.807) is 13.0 Å². The number of nitrogens with one attached hydrogen (secondary N) is 2. The maximum atomic E-state index is 13.0. The van der Waals surface area contributed by atoms with Gasteiger partial charge >= 0.3 is 6.18 Å². The van der Waals surface area contributed by atoms with Crippen LogP contribution in [0, 0.1) is 11.3 Å².